The molecule has 4 nitrogen and oxygen atoms in total. The number of nitriles is 1. The molecule has 2 heterocycles. The van der Waals surface area contributed by atoms with Crippen molar-refractivity contribution in [3.63, 3.8) is 0 Å². The highest BCUT2D eigenvalue weighted by Gasteiger charge is 2.54. The summed E-state index contributed by atoms with van der Waals surface area (Å²) in [7, 11) is 0. The molecule has 2 atom stereocenters. The second-order valence-corrected chi connectivity index (χ2v) is 5.05. The van der Waals surface area contributed by atoms with Crippen LogP contribution >= 0.6 is 0 Å². The van der Waals surface area contributed by atoms with Crippen LogP contribution in [0.5, 0.6) is 0 Å². The minimum atomic E-state index is -0.245. The second kappa shape index (κ2) is 3.82. The normalized spacial score (nSPS) is 31.1. The van der Waals surface area contributed by atoms with Gasteiger partial charge in [0.25, 0.3) is 0 Å². The van der Waals surface area contributed by atoms with E-state index in [-0.39, 0.29) is 11.5 Å². The fourth-order valence-electron chi connectivity index (χ4n) is 2.92. The van der Waals surface area contributed by atoms with Gasteiger partial charge in [0.15, 0.2) is 0 Å². The van der Waals surface area contributed by atoms with E-state index in [1.54, 1.807) is 0 Å². The van der Waals surface area contributed by atoms with Gasteiger partial charge < -0.3 is 0 Å². The van der Waals surface area contributed by atoms with Gasteiger partial charge in [-0.1, -0.05) is 18.2 Å². The molecule has 1 fully saturated rings. The van der Waals surface area contributed by atoms with Crippen molar-refractivity contribution < 1.29 is 0 Å². The first kappa shape index (κ1) is 11.2. The van der Waals surface area contributed by atoms with E-state index in [1.807, 2.05) is 42.4 Å². The molecule has 0 aliphatic carbocycles. The van der Waals surface area contributed by atoms with Crippen molar-refractivity contribution in [2.45, 2.75) is 25.8 Å². The molecule has 0 unspecified atom stereocenters. The van der Waals surface area contributed by atoms with Crippen LogP contribution in [-0.4, -0.2) is 22.8 Å². The molecule has 0 N–H and O–H groups in total. The Hall–Kier alpha value is -1.86. The van der Waals surface area contributed by atoms with E-state index in [9.17, 15) is 5.26 Å². The maximum Gasteiger partial charge on any atom is 0.0948 e. The van der Waals surface area contributed by atoms with E-state index in [4.69, 9.17) is 0 Å². The predicted molar refractivity (Wildman–Crippen MR) is 70.9 cm³/mol. The summed E-state index contributed by atoms with van der Waals surface area (Å²) in [5.74, 6) is 0.0231. The molecule has 2 aliphatic rings. The van der Waals surface area contributed by atoms with Crippen LogP contribution in [0, 0.1) is 17.2 Å². The Morgan fingerprint density at radius 2 is 2.11 bits per heavy atom. The molecule has 0 aromatic heterocycles. The minimum absolute atomic E-state index is 0.0231. The zero-order valence-electron chi connectivity index (χ0n) is 10.7. The molecule has 0 saturated carbocycles. The molecule has 0 radical (unpaired) electrons. The Balaban J connectivity index is 2.02. The highest BCUT2D eigenvalue weighted by Crippen LogP contribution is 2.42. The molecule has 1 saturated heterocycles. The maximum absolute atomic E-state index is 9.30. The van der Waals surface area contributed by atoms with Gasteiger partial charge in [-0.25, -0.2) is 0 Å². The number of nitrogens with zero attached hydrogens (tertiary/aromatic N) is 4. The molecular weight excluding hydrogens is 224 g/mol. The van der Waals surface area contributed by atoms with Gasteiger partial charge >= 0.3 is 0 Å². The summed E-state index contributed by atoms with van der Waals surface area (Å²) < 4.78 is 0. The third kappa shape index (κ3) is 1.31. The quantitative estimate of drug-likeness (QED) is 0.757. The topological polar surface area (TPSA) is 42.6 Å². The van der Waals surface area contributed by atoms with Gasteiger partial charge in [-0.2, -0.15) is 20.5 Å². The Morgan fingerprint density at radius 3 is 2.78 bits per heavy atom. The average molecular weight is 240 g/mol. The summed E-state index contributed by atoms with van der Waals surface area (Å²) in [6.07, 6.45) is 0.906. The van der Waals surface area contributed by atoms with Crippen molar-refractivity contribution in [3.05, 3.63) is 30.3 Å². The largest absolute Gasteiger partial charge is 0.198 e. The molecule has 1 aromatic rings. The van der Waals surface area contributed by atoms with Crippen LogP contribution in [0.2, 0.25) is 0 Å². The maximum atomic E-state index is 9.30. The van der Waals surface area contributed by atoms with Crippen molar-refractivity contribution >= 4 is 11.4 Å². The average Bonchev–Trinajstić information content (AvgIpc) is 2.86. The van der Waals surface area contributed by atoms with Crippen LogP contribution in [0.25, 0.3) is 0 Å². The minimum Gasteiger partial charge on any atom is -0.198 e. The second-order valence-electron chi connectivity index (χ2n) is 5.05. The summed E-state index contributed by atoms with van der Waals surface area (Å²) >= 11 is 0. The Labute approximate surface area is 107 Å². The van der Waals surface area contributed by atoms with Gasteiger partial charge in [0.05, 0.1) is 28.9 Å². The van der Waals surface area contributed by atoms with Gasteiger partial charge in [-0.05, 0) is 32.4 Å². The zero-order chi connectivity index (χ0) is 12.8. The lowest BCUT2D eigenvalue weighted by Crippen LogP contribution is -2.50. The van der Waals surface area contributed by atoms with E-state index >= 15 is 0 Å². The van der Waals surface area contributed by atoms with Crippen LogP contribution in [0.1, 0.15) is 20.3 Å². The van der Waals surface area contributed by atoms with Gasteiger partial charge in [0.1, 0.15) is 0 Å². The zero-order valence-corrected chi connectivity index (χ0v) is 10.7. The van der Waals surface area contributed by atoms with Gasteiger partial charge in [0.2, 0.25) is 0 Å². The first-order valence-electron chi connectivity index (χ1n) is 6.26. The molecule has 4 heteroatoms. The monoisotopic (exact) mass is 240 g/mol. The SMILES string of the molecule is CC1=NN(c2ccccc2)N2CC[C@@H](C#N)[C@@]12C. The first-order valence-corrected chi connectivity index (χ1v) is 6.26. The van der Waals surface area contributed by atoms with Gasteiger partial charge in [-0.15, -0.1) is 0 Å². The summed E-state index contributed by atoms with van der Waals surface area (Å²) in [6.45, 7) is 5.02. The van der Waals surface area contributed by atoms with Crippen molar-refractivity contribution in [1.29, 1.82) is 5.26 Å². The number of hydrazone groups is 1. The fourth-order valence-corrected chi connectivity index (χ4v) is 2.92. The van der Waals surface area contributed by atoms with Crippen molar-refractivity contribution in [3.8, 4) is 6.07 Å². The molecule has 0 spiro atoms. The van der Waals surface area contributed by atoms with Crippen LogP contribution in [0.15, 0.2) is 35.4 Å². The number of benzene rings is 1. The Morgan fingerprint density at radius 1 is 1.39 bits per heavy atom. The number of anilines is 1. The molecule has 18 heavy (non-hydrogen) atoms. The third-order valence-corrected chi connectivity index (χ3v) is 4.19. The fraction of sp³-hybridized carbons (Fsp3) is 0.429. The Kier molecular flexibility index (Phi) is 2.39. The number of rotatable bonds is 1. The van der Waals surface area contributed by atoms with Crippen LogP contribution < -0.4 is 5.12 Å². The lowest BCUT2D eigenvalue weighted by atomic mass is 9.85. The van der Waals surface area contributed by atoms with Crippen LogP contribution in [0.4, 0.5) is 5.69 Å². The molecule has 3 rings (SSSR count). The molecule has 92 valence electrons. The number of hydrogen-bond donors (Lipinski definition) is 0. The van der Waals surface area contributed by atoms with E-state index < -0.39 is 0 Å². The summed E-state index contributed by atoms with van der Waals surface area (Å²) in [6, 6.07) is 12.5. The molecular formula is C14H16N4. The van der Waals surface area contributed by atoms with E-state index in [1.165, 1.54) is 0 Å². The van der Waals surface area contributed by atoms with Crippen LogP contribution in [0.3, 0.4) is 0 Å². The smallest absolute Gasteiger partial charge is 0.0948 e. The lowest BCUT2D eigenvalue weighted by Gasteiger charge is -2.34. The standard InChI is InChI=1S/C14H16N4/c1-11-14(2)12(10-15)8-9-17(14)18(16-11)13-6-4-3-5-7-13/h3-7,12H,8-9H2,1-2H3/t12-,14+/m0/s1. The van der Waals surface area contributed by atoms with Crippen molar-refractivity contribution in [2.75, 3.05) is 11.7 Å². The van der Waals surface area contributed by atoms with Gasteiger partial charge in [-0.3, -0.25) is 0 Å². The summed E-state index contributed by atoms with van der Waals surface area (Å²) in [5.41, 5.74) is 1.83. The number of hydrazine groups is 1. The highest BCUT2D eigenvalue weighted by molar-refractivity contribution is 5.95. The van der Waals surface area contributed by atoms with E-state index in [0.717, 1.165) is 24.4 Å². The highest BCUT2D eigenvalue weighted by atomic mass is 15.8. The third-order valence-electron chi connectivity index (χ3n) is 4.19. The van der Waals surface area contributed by atoms with Gasteiger partial charge in [0, 0.05) is 6.54 Å². The molecule has 2 aliphatic heterocycles. The summed E-state index contributed by atoms with van der Waals surface area (Å²) in [4.78, 5) is 0. The predicted octanol–water partition coefficient (Wildman–Crippen LogP) is 2.40. The van der Waals surface area contributed by atoms with Crippen molar-refractivity contribution in [2.24, 2.45) is 11.0 Å². The summed E-state index contributed by atoms with van der Waals surface area (Å²) in [5, 5.41) is 18.1. The number of hydrogen-bond acceptors (Lipinski definition) is 4. The van der Waals surface area contributed by atoms with E-state index in [2.05, 4.69) is 23.1 Å². The molecule has 0 amide bonds. The lowest BCUT2D eigenvalue weighted by molar-refractivity contribution is 0.210. The number of fused-ring (bicyclic) bond motifs is 1. The van der Waals surface area contributed by atoms with Crippen LogP contribution in [-0.2, 0) is 0 Å². The Bertz CT molecular complexity index is 530. The first-order chi connectivity index (χ1) is 8.67. The molecule has 0 bridgehead atoms. The van der Waals surface area contributed by atoms with E-state index in [0.29, 0.717) is 0 Å². The molecule has 1 aromatic carbocycles. The number of para-hydroxylation sites is 1. The van der Waals surface area contributed by atoms with Crippen molar-refractivity contribution in [1.82, 2.24) is 5.01 Å².